The van der Waals surface area contributed by atoms with Crippen molar-refractivity contribution in [1.29, 1.82) is 0 Å². The fourth-order valence-electron chi connectivity index (χ4n) is 3.41. The van der Waals surface area contributed by atoms with Crippen LogP contribution in [0.1, 0.15) is 22.4 Å². The van der Waals surface area contributed by atoms with Gasteiger partial charge in [0, 0.05) is 16.5 Å². The Morgan fingerprint density at radius 1 is 0.783 bits per heavy atom. The molecular formula is C21H20N2. The van der Waals surface area contributed by atoms with Crippen molar-refractivity contribution >= 4 is 21.8 Å². The van der Waals surface area contributed by atoms with E-state index in [1.54, 1.807) is 0 Å². The average molecular weight is 300 g/mol. The molecule has 0 bridgehead atoms. The fraction of sp³-hybridized carbons (Fsp3) is 0.190. The van der Waals surface area contributed by atoms with Gasteiger partial charge in [0.15, 0.2) is 0 Å². The number of benzene rings is 2. The molecule has 0 radical (unpaired) electrons. The van der Waals surface area contributed by atoms with Gasteiger partial charge >= 0.3 is 0 Å². The molecule has 2 heterocycles. The molecule has 2 aromatic heterocycles. The Bertz CT molecular complexity index is 1050. The lowest BCUT2D eigenvalue weighted by Gasteiger charge is -2.13. The van der Waals surface area contributed by atoms with Crippen LogP contribution in [-0.2, 0) is 0 Å². The van der Waals surface area contributed by atoms with Crippen molar-refractivity contribution < 1.29 is 0 Å². The Kier molecular flexibility index (Phi) is 3.02. The van der Waals surface area contributed by atoms with Crippen molar-refractivity contribution in [2.45, 2.75) is 27.7 Å². The van der Waals surface area contributed by atoms with Crippen LogP contribution in [0.15, 0.2) is 48.5 Å². The van der Waals surface area contributed by atoms with Gasteiger partial charge < -0.3 is 0 Å². The van der Waals surface area contributed by atoms with Crippen LogP contribution >= 0.6 is 0 Å². The molecule has 2 nitrogen and oxygen atoms in total. The largest absolute Gasteiger partial charge is 0.294 e. The van der Waals surface area contributed by atoms with Crippen LogP contribution in [0.25, 0.3) is 27.6 Å². The fourth-order valence-corrected chi connectivity index (χ4v) is 3.41. The van der Waals surface area contributed by atoms with Crippen molar-refractivity contribution in [2.24, 2.45) is 0 Å². The number of aromatic nitrogens is 2. The Morgan fingerprint density at radius 3 is 2.35 bits per heavy atom. The molecular weight excluding hydrogens is 280 g/mol. The van der Waals surface area contributed by atoms with Crippen LogP contribution in [0.2, 0.25) is 0 Å². The summed E-state index contributed by atoms with van der Waals surface area (Å²) in [5.41, 5.74) is 7.29. The van der Waals surface area contributed by atoms with Gasteiger partial charge in [-0.25, -0.2) is 4.98 Å². The van der Waals surface area contributed by atoms with Crippen LogP contribution in [0.4, 0.5) is 0 Å². The van der Waals surface area contributed by atoms with Gasteiger partial charge in [0.2, 0.25) is 0 Å². The normalized spacial score (nSPS) is 11.5. The predicted octanol–water partition coefficient (Wildman–Crippen LogP) is 5.41. The summed E-state index contributed by atoms with van der Waals surface area (Å²) in [6.07, 6.45) is 0. The molecule has 0 aliphatic heterocycles. The number of pyridine rings is 1. The minimum absolute atomic E-state index is 1.04. The molecule has 0 N–H and O–H groups in total. The van der Waals surface area contributed by atoms with Crippen LogP contribution < -0.4 is 0 Å². The summed E-state index contributed by atoms with van der Waals surface area (Å²) < 4.78 is 2.30. The predicted molar refractivity (Wildman–Crippen MR) is 97.5 cm³/mol. The van der Waals surface area contributed by atoms with Gasteiger partial charge in [0.25, 0.3) is 0 Å². The third kappa shape index (κ3) is 2.06. The molecule has 4 rings (SSSR count). The molecule has 114 valence electrons. The number of rotatable bonds is 1. The van der Waals surface area contributed by atoms with Crippen molar-refractivity contribution in [3.63, 3.8) is 0 Å². The molecule has 0 fully saturated rings. The number of fused-ring (bicyclic) bond motifs is 3. The Labute approximate surface area is 136 Å². The second kappa shape index (κ2) is 4.95. The van der Waals surface area contributed by atoms with Crippen LogP contribution in [0.5, 0.6) is 0 Å². The summed E-state index contributed by atoms with van der Waals surface area (Å²) in [6.45, 7) is 8.53. The number of aryl methyl sites for hydroxylation is 3. The quantitative estimate of drug-likeness (QED) is 0.459. The van der Waals surface area contributed by atoms with E-state index in [1.165, 1.54) is 38.5 Å². The molecule has 0 saturated heterocycles. The highest BCUT2D eigenvalue weighted by Crippen LogP contribution is 2.33. The molecule has 0 unspecified atom stereocenters. The molecule has 2 heteroatoms. The molecule has 0 aliphatic carbocycles. The summed E-state index contributed by atoms with van der Waals surface area (Å²) in [5, 5.41) is 2.58. The van der Waals surface area contributed by atoms with Gasteiger partial charge in [0.1, 0.15) is 5.82 Å². The summed E-state index contributed by atoms with van der Waals surface area (Å²) in [7, 11) is 0. The highest BCUT2D eigenvalue weighted by molar-refractivity contribution is 6.09. The number of hydrogen-bond donors (Lipinski definition) is 0. The zero-order valence-electron chi connectivity index (χ0n) is 14.0. The van der Waals surface area contributed by atoms with E-state index >= 15 is 0 Å². The van der Waals surface area contributed by atoms with E-state index in [1.807, 2.05) is 0 Å². The van der Waals surface area contributed by atoms with Crippen molar-refractivity contribution in [2.75, 3.05) is 0 Å². The summed E-state index contributed by atoms with van der Waals surface area (Å²) >= 11 is 0. The maximum Gasteiger partial charge on any atom is 0.141 e. The highest BCUT2D eigenvalue weighted by atomic mass is 15.1. The standard InChI is InChI=1S/C21H20N2/c1-13-9-10-20-18(11-13)17-7-5-6-8-19(17)23(20)21-16(4)14(2)12-15(3)22-21/h5-12H,1-4H3. The van der Waals surface area contributed by atoms with Crippen LogP contribution in [0, 0.1) is 27.7 Å². The number of para-hydroxylation sites is 1. The summed E-state index contributed by atoms with van der Waals surface area (Å²) in [4.78, 5) is 4.86. The third-order valence-corrected chi connectivity index (χ3v) is 4.67. The van der Waals surface area contributed by atoms with Crippen LogP contribution in [0.3, 0.4) is 0 Å². The maximum absolute atomic E-state index is 4.86. The van der Waals surface area contributed by atoms with Crippen molar-refractivity contribution in [3.8, 4) is 5.82 Å². The zero-order valence-corrected chi connectivity index (χ0v) is 14.0. The SMILES string of the molecule is Cc1ccc2c(c1)c1ccccc1n2-c1nc(C)cc(C)c1C. The first-order valence-corrected chi connectivity index (χ1v) is 8.01. The molecule has 23 heavy (non-hydrogen) atoms. The third-order valence-electron chi connectivity index (χ3n) is 4.67. The zero-order chi connectivity index (χ0) is 16.1. The lowest BCUT2D eigenvalue weighted by molar-refractivity contribution is 1.01. The molecule has 2 aromatic carbocycles. The van der Waals surface area contributed by atoms with E-state index in [0.29, 0.717) is 0 Å². The first-order chi connectivity index (χ1) is 11.1. The van der Waals surface area contributed by atoms with E-state index in [0.717, 1.165) is 11.5 Å². The molecule has 0 saturated carbocycles. The lowest BCUT2D eigenvalue weighted by Crippen LogP contribution is -2.03. The second-order valence-electron chi connectivity index (χ2n) is 6.40. The lowest BCUT2D eigenvalue weighted by atomic mass is 10.1. The number of nitrogens with zero attached hydrogens (tertiary/aromatic N) is 2. The van der Waals surface area contributed by atoms with Gasteiger partial charge in [-0.1, -0.05) is 29.8 Å². The van der Waals surface area contributed by atoms with Gasteiger partial charge in [0.05, 0.1) is 11.0 Å². The Hall–Kier alpha value is -2.61. The number of hydrogen-bond acceptors (Lipinski definition) is 1. The Morgan fingerprint density at radius 2 is 1.52 bits per heavy atom. The first kappa shape index (κ1) is 14.0. The van der Waals surface area contributed by atoms with Gasteiger partial charge in [-0.05, 0) is 63.1 Å². The van der Waals surface area contributed by atoms with Crippen molar-refractivity contribution in [1.82, 2.24) is 9.55 Å². The minimum Gasteiger partial charge on any atom is -0.294 e. The second-order valence-corrected chi connectivity index (χ2v) is 6.40. The first-order valence-electron chi connectivity index (χ1n) is 8.01. The smallest absolute Gasteiger partial charge is 0.141 e. The minimum atomic E-state index is 1.04. The monoisotopic (exact) mass is 300 g/mol. The summed E-state index contributed by atoms with van der Waals surface area (Å²) in [5.74, 6) is 1.04. The van der Waals surface area contributed by atoms with Crippen LogP contribution in [-0.4, -0.2) is 9.55 Å². The van der Waals surface area contributed by atoms with E-state index in [-0.39, 0.29) is 0 Å². The molecule has 0 aliphatic rings. The van der Waals surface area contributed by atoms with E-state index < -0.39 is 0 Å². The topological polar surface area (TPSA) is 17.8 Å². The van der Waals surface area contributed by atoms with E-state index in [9.17, 15) is 0 Å². The molecule has 0 spiro atoms. The van der Waals surface area contributed by atoms with E-state index in [4.69, 9.17) is 4.98 Å². The molecule has 0 amide bonds. The van der Waals surface area contributed by atoms with E-state index in [2.05, 4.69) is 80.8 Å². The Balaban J connectivity index is 2.22. The maximum atomic E-state index is 4.86. The highest BCUT2D eigenvalue weighted by Gasteiger charge is 2.15. The summed E-state index contributed by atoms with van der Waals surface area (Å²) in [6, 6.07) is 17.4. The van der Waals surface area contributed by atoms with Gasteiger partial charge in [-0.2, -0.15) is 0 Å². The molecule has 4 aromatic rings. The average Bonchev–Trinajstić information content (AvgIpc) is 2.85. The van der Waals surface area contributed by atoms with Gasteiger partial charge in [-0.3, -0.25) is 4.57 Å². The van der Waals surface area contributed by atoms with Gasteiger partial charge in [-0.15, -0.1) is 0 Å². The van der Waals surface area contributed by atoms with Crippen molar-refractivity contribution in [3.05, 3.63) is 70.9 Å². The molecule has 0 atom stereocenters.